The van der Waals surface area contributed by atoms with Crippen molar-refractivity contribution < 1.29 is 23.8 Å². The van der Waals surface area contributed by atoms with Crippen molar-refractivity contribution in [2.75, 3.05) is 38.2 Å². The van der Waals surface area contributed by atoms with E-state index in [0.717, 1.165) is 49.4 Å². The number of aromatic nitrogens is 1. The number of methoxy groups -OCH3 is 1. The van der Waals surface area contributed by atoms with Crippen molar-refractivity contribution in [1.82, 2.24) is 14.8 Å². The van der Waals surface area contributed by atoms with E-state index in [2.05, 4.69) is 16.0 Å². The van der Waals surface area contributed by atoms with Gasteiger partial charge in [0, 0.05) is 56.6 Å². The molecule has 4 heterocycles. The van der Waals surface area contributed by atoms with Gasteiger partial charge in [-0.05, 0) is 56.0 Å². The Morgan fingerprint density at radius 3 is 2.51 bits per heavy atom. The quantitative estimate of drug-likeness (QED) is 0.410. The number of pyridine rings is 1. The second-order valence-corrected chi connectivity index (χ2v) is 10.9. The van der Waals surface area contributed by atoms with Crippen LogP contribution >= 0.6 is 0 Å². The van der Waals surface area contributed by atoms with E-state index in [1.807, 2.05) is 59.6 Å². The molecular weight excluding hydrogens is 520 g/mol. The zero-order valence-corrected chi connectivity index (χ0v) is 23.4. The van der Waals surface area contributed by atoms with E-state index in [-0.39, 0.29) is 24.1 Å². The molecule has 0 saturated carbocycles. The Hall–Kier alpha value is -4.11. The average molecular weight is 557 g/mol. The molecule has 6 rings (SSSR count). The lowest BCUT2D eigenvalue weighted by Crippen LogP contribution is -2.50. The van der Waals surface area contributed by atoms with Gasteiger partial charge in [0.2, 0.25) is 0 Å². The van der Waals surface area contributed by atoms with Crippen molar-refractivity contribution in [2.24, 2.45) is 0 Å². The molecule has 0 atom stereocenters. The molecule has 0 aliphatic carbocycles. The minimum absolute atomic E-state index is 0.0129. The molecule has 3 aromatic rings. The molecule has 2 saturated heterocycles. The van der Waals surface area contributed by atoms with Crippen LogP contribution in [0.5, 0.6) is 11.5 Å². The van der Waals surface area contributed by atoms with Gasteiger partial charge in [0.05, 0.1) is 24.1 Å². The number of likely N-dealkylation sites (tertiary alicyclic amines) is 2. The molecule has 3 aliphatic heterocycles. The molecule has 0 unspecified atom stereocenters. The molecule has 3 aliphatic rings. The second-order valence-electron chi connectivity index (χ2n) is 10.9. The monoisotopic (exact) mass is 556 g/mol. The molecule has 9 heteroatoms. The first-order valence-corrected chi connectivity index (χ1v) is 14.4. The van der Waals surface area contributed by atoms with E-state index in [9.17, 15) is 9.59 Å². The summed E-state index contributed by atoms with van der Waals surface area (Å²) in [5, 5.41) is 0. The molecule has 2 amide bonds. The van der Waals surface area contributed by atoms with E-state index in [1.54, 1.807) is 18.1 Å². The lowest BCUT2D eigenvalue weighted by atomic mass is 10.00. The van der Waals surface area contributed by atoms with Crippen LogP contribution in [0.25, 0.3) is 0 Å². The van der Waals surface area contributed by atoms with Gasteiger partial charge < -0.3 is 19.1 Å². The van der Waals surface area contributed by atoms with Gasteiger partial charge in [-0.15, -0.1) is 0 Å². The molecule has 0 spiro atoms. The smallest absolute Gasteiger partial charge is 0.414 e. The Morgan fingerprint density at radius 2 is 1.76 bits per heavy atom. The van der Waals surface area contributed by atoms with Crippen LogP contribution in [0.15, 0.2) is 66.9 Å². The van der Waals surface area contributed by atoms with E-state index < -0.39 is 0 Å². The summed E-state index contributed by atoms with van der Waals surface area (Å²) in [5.74, 6) is 1.15. The highest BCUT2D eigenvalue weighted by Crippen LogP contribution is 2.33. The predicted molar refractivity (Wildman–Crippen MR) is 154 cm³/mol. The molecule has 1 aromatic heterocycles. The number of nitrogens with zero attached hydrogens (tertiary/aromatic N) is 4. The minimum atomic E-state index is -0.315. The molecule has 9 nitrogen and oxygen atoms in total. The van der Waals surface area contributed by atoms with Gasteiger partial charge in [0.25, 0.3) is 5.91 Å². The minimum Gasteiger partial charge on any atom is -0.496 e. The van der Waals surface area contributed by atoms with Crippen LogP contribution in [0.1, 0.15) is 47.3 Å². The molecule has 0 radical (unpaired) electrons. The first kappa shape index (κ1) is 27.1. The summed E-state index contributed by atoms with van der Waals surface area (Å²) in [4.78, 5) is 36.6. The lowest BCUT2D eigenvalue weighted by Gasteiger charge is -2.40. The average Bonchev–Trinajstić information content (AvgIpc) is 3.02. The first-order chi connectivity index (χ1) is 20.1. The summed E-state index contributed by atoms with van der Waals surface area (Å²) >= 11 is 0. The number of rotatable bonds is 7. The molecule has 214 valence electrons. The number of benzene rings is 2. The van der Waals surface area contributed by atoms with Gasteiger partial charge in [0.1, 0.15) is 24.2 Å². The third kappa shape index (κ3) is 6.00. The van der Waals surface area contributed by atoms with Gasteiger partial charge in [-0.1, -0.05) is 24.3 Å². The van der Waals surface area contributed by atoms with Crippen molar-refractivity contribution in [3.8, 4) is 11.5 Å². The topological polar surface area (TPSA) is 84.4 Å². The van der Waals surface area contributed by atoms with Crippen LogP contribution in [0.2, 0.25) is 0 Å². The zero-order valence-electron chi connectivity index (χ0n) is 23.4. The van der Waals surface area contributed by atoms with E-state index in [1.165, 1.54) is 0 Å². The largest absolute Gasteiger partial charge is 0.496 e. The Bertz CT molecular complexity index is 1370. The standard InChI is InChI=1S/C32H36N4O5/c1-39-30-20-27(41-26-13-16-34(17-14-26)21-24-7-4-5-15-33-24)9-10-28(30)31(37)35-18-11-25(12-19-35)36-29-8-3-2-6-23(29)22-40-32(36)38/h2-10,15,20,25-26H,11-14,16-19,21-22H2,1H3. The van der Waals surface area contributed by atoms with Crippen molar-refractivity contribution >= 4 is 17.7 Å². The van der Waals surface area contributed by atoms with Crippen LogP contribution < -0.4 is 14.4 Å². The molecule has 2 aromatic carbocycles. The first-order valence-electron chi connectivity index (χ1n) is 14.4. The predicted octanol–water partition coefficient (Wildman–Crippen LogP) is 4.90. The van der Waals surface area contributed by atoms with E-state index >= 15 is 0 Å². The van der Waals surface area contributed by atoms with Crippen LogP contribution in [-0.2, 0) is 17.9 Å². The Morgan fingerprint density at radius 1 is 0.976 bits per heavy atom. The fraction of sp³-hybridized carbons (Fsp3) is 0.406. The summed E-state index contributed by atoms with van der Waals surface area (Å²) in [6, 6.07) is 19.3. The SMILES string of the molecule is COc1cc(OC2CCN(Cc3ccccn3)CC2)ccc1C(=O)N1CCC(N2C(=O)OCc3ccccc32)CC1. The number of cyclic esters (lactones) is 1. The lowest BCUT2D eigenvalue weighted by molar-refractivity contribution is 0.0704. The second kappa shape index (κ2) is 12.2. The highest BCUT2D eigenvalue weighted by atomic mass is 16.6. The maximum atomic E-state index is 13.5. The van der Waals surface area contributed by atoms with Gasteiger partial charge in [-0.3, -0.25) is 19.6 Å². The number of piperidine rings is 2. The fourth-order valence-electron chi connectivity index (χ4n) is 6.04. The highest BCUT2D eigenvalue weighted by molar-refractivity contribution is 5.97. The molecular formula is C32H36N4O5. The van der Waals surface area contributed by atoms with Crippen molar-refractivity contribution in [3.05, 3.63) is 83.7 Å². The van der Waals surface area contributed by atoms with E-state index in [0.29, 0.717) is 49.6 Å². The van der Waals surface area contributed by atoms with Crippen LogP contribution in [0.3, 0.4) is 0 Å². The Balaban J connectivity index is 1.04. The summed E-state index contributed by atoms with van der Waals surface area (Å²) < 4.78 is 17.3. The summed E-state index contributed by atoms with van der Waals surface area (Å²) in [6.07, 6.45) is 4.85. The summed E-state index contributed by atoms with van der Waals surface area (Å²) in [7, 11) is 1.58. The number of para-hydroxylation sites is 1. The van der Waals surface area contributed by atoms with Crippen molar-refractivity contribution in [2.45, 2.75) is 51.0 Å². The highest BCUT2D eigenvalue weighted by Gasteiger charge is 2.35. The van der Waals surface area contributed by atoms with Gasteiger partial charge >= 0.3 is 6.09 Å². The zero-order chi connectivity index (χ0) is 28.2. The number of hydrogen-bond acceptors (Lipinski definition) is 7. The third-order valence-electron chi connectivity index (χ3n) is 8.27. The number of carbonyl (C=O) groups excluding carboxylic acids is 2. The number of carbonyl (C=O) groups is 2. The Kier molecular flexibility index (Phi) is 8.04. The number of fused-ring (bicyclic) bond motifs is 1. The summed E-state index contributed by atoms with van der Waals surface area (Å²) in [5.41, 5.74) is 3.52. The number of ether oxygens (including phenoxy) is 3. The molecule has 0 bridgehead atoms. The normalized spacial score (nSPS) is 18.5. The van der Waals surface area contributed by atoms with Crippen molar-refractivity contribution in [3.63, 3.8) is 0 Å². The van der Waals surface area contributed by atoms with Gasteiger partial charge in [-0.2, -0.15) is 0 Å². The van der Waals surface area contributed by atoms with Crippen LogP contribution in [0.4, 0.5) is 10.5 Å². The maximum Gasteiger partial charge on any atom is 0.414 e. The van der Waals surface area contributed by atoms with Crippen molar-refractivity contribution in [1.29, 1.82) is 0 Å². The molecule has 2 fully saturated rings. The van der Waals surface area contributed by atoms with E-state index in [4.69, 9.17) is 14.2 Å². The van der Waals surface area contributed by atoms with Gasteiger partial charge in [-0.25, -0.2) is 4.79 Å². The number of amides is 2. The molecule has 41 heavy (non-hydrogen) atoms. The fourth-order valence-corrected chi connectivity index (χ4v) is 6.04. The summed E-state index contributed by atoms with van der Waals surface area (Å²) in [6.45, 7) is 4.15. The molecule has 0 N–H and O–H groups in total. The van der Waals surface area contributed by atoms with Gasteiger partial charge in [0.15, 0.2) is 0 Å². The third-order valence-corrected chi connectivity index (χ3v) is 8.27. The number of hydrogen-bond donors (Lipinski definition) is 0. The Labute approximate surface area is 240 Å². The number of anilines is 1. The maximum absolute atomic E-state index is 13.5. The van der Waals surface area contributed by atoms with Crippen LogP contribution in [0, 0.1) is 0 Å². The van der Waals surface area contributed by atoms with Crippen LogP contribution in [-0.4, -0.2) is 72.2 Å².